The molecular weight excluding hydrogens is 314 g/mol. The van der Waals surface area contributed by atoms with Gasteiger partial charge in [-0.05, 0) is 60.7 Å². The average molecular weight is 337 g/mol. The molecule has 3 N–H and O–H groups in total. The number of nitrogen functional groups attached to an aromatic ring is 1. The number of carbonyl (C=O) groups excluding carboxylic acids is 1. The van der Waals surface area contributed by atoms with E-state index in [1.807, 2.05) is 44.2 Å². The monoisotopic (exact) mass is 337 g/mol. The number of ether oxygens (including phenoxy) is 1. The maximum Gasteiger partial charge on any atom is 0.211 e. The summed E-state index contributed by atoms with van der Waals surface area (Å²) in [6.45, 7) is 3.90. The van der Waals surface area contributed by atoms with E-state index in [-0.39, 0.29) is 0 Å². The van der Waals surface area contributed by atoms with E-state index in [9.17, 15) is 4.79 Å². The van der Waals surface area contributed by atoms with E-state index >= 15 is 0 Å². The van der Waals surface area contributed by atoms with Gasteiger partial charge in [0, 0.05) is 18.0 Å². The molecule has 25 heavy (non-hydrogen) atoms. The second-order valence-electron chi connectivity index (χ2n) is 5.73. The van der Waals surface area contributed by atoms with Crippen LogP contribution in [0.3, 0.4) is 0 Å². The average Bonchev–Trinajstić information content (AvgIpc) is 2.63. The highest BCUT2D eigenvalue weighted by Crippen LogP contribution is 2.28. The highest BCUT2D eigenvalue weighted by Gasteiger charge is 2.10. The van der Waals surface area contributed by atoms with Gasteiger partial charge in [0.15, 0.2) is 0 Å². The molecule has 0 bridgehead atoms. The van der Waals surface area contributed by atoms with Gasteiger partial charge in [-0.3, -0.25) is 4.79 Å². The van der Waals surface area contributed by atoms with E-state index in [0.717, 1.165) is 40.0 Å². The Kier molecular flexibility index (Phi) is 6.34. The van der Waals surface area contributed by atoms with Gasteiger partial charge in [-0.1, -0.05) is 18.2 Å². The molecular formula is C20H23N3O2. The van der Waals surface area contributed by atoms with Crippen molar-refractivity contribution >= 4 is 17.8 Å². The van der Waals surface area contributed by atoms with Gasteiger partial charge in [0.25, 0.3) is 0 Å². The topological polar surface area (TPSA) is 77.2 Å². The summed E-state index contributed by atoms with van der Waals surface area (Å²) in [5.41, 5.74) is 11.0. The number of nitrogens with zero attached hydrogens (tertiary/aromatic N) is 1. The first-order valence-electron chi connectivity index (χ1n) is 7.97. The predicted octanol–water partition coefficient (Wildman–Crippen LogP) is 3.26. The minimum absolute atomic E-state index is 0.463. The Bertz CT molecular complexity index is 793. The molecule has 130 valence electrons. The Hall–Kier alpha value is -3.08. The lowest BCUT2D eigenvalue weighted by atomic mass is 9.96. The van der Waals surface area contributed by atoms with Crippen molar-refractivity contribution in [3.8, 4) is 5.75 Å². The van der Waals surface area contributed by atoms with Gasteiger partial charge in [-0.25, -0.2) is 4.98 Å². The molecule has 5 nitrogen and oxygen atoms in total. The third-order valence-electron chi connectivity index (χ3n) is 3.84. The standard InChI is InChI=1S/C20H23N3O2/c1-14-10-19(20(21)23-11-14)18(15(2)12-22-13-24)9-6-16-4-7-17(25-3)8-5-16/h4-5,7-13H,6H2,1-3H3,(H2,21,23)(H,22,24)/b15-12-,18-9+. The van der Waals surface area contributed by atoms with E-state index in [2.05, 4.69) is 16.4 Å². The highest BCUT2D eigenvalue weighted by atomic mass is 16.5. The summed E-state index contributed by atoms with van der Waals surface area (Å²) < 4.78 is 5.18. The van der Waals surface area contributed by atoms with Gasteiger partial charge in [-0.2, -0.15) is 0 Å². The van der Waals surface area contributed by atoms with Crippen molar-refractivity contribution in [1.82, 2.24) is 10.3 Å². The number of hydrogen-bond donors (Lipinski definition) is 2. The van der Waals surface area contributed by atoms with Crippen molar-refractivity contribution in [2.45, 2.75) is 20.3 Å². The fourth-order valence-electron chi connectivity index (χ4n) is 2.50. The normalized spacial score (nSPS) is 12.0. The zero-order chi connectivity index (χ0) is 18.2. The fraction of sp³-hybridized carbons (Fsp3) is 0.200. The molecule has 1 aromatic heterocycles. The van der Waals surface area contributed by atoms with Crippen LogP contribution in [-0.2, 0) is 11.2 Å². The second-order valence-corrected chi connectivity index (χ2v) is 5.73. The largest absolute Gasteiger partial charge is 0.497 e. The minimum Gasteiger partial charge on any atom is -0.497 e. The van der Waals surface area contributed by atoms with Crippen LogP contribution in [0.1, 0.15) is 23.6 Å². The first-order valence-corrected chi connectivity index (χ1v) is 7.97. The van der Waals surface area contributed by atoms with Crippen molar-refractivity contribution in [3.63, 3.8) is 0 Å². The molecule has 2 aromatic rings. The van der Waals surface area contributed by atoms with Gasteiger partial charge in [0.05, 0.1) is 7.11 Å². The summed E-state index contributed by atoms with van der Waals surface area (Å²) in [7, 11) is 1.65. The number of methoxy groups -OCH3 is 1. The smallest absolute Gasteiger partial charge is 0.211 e. The Morgan fingerprint density at radius 1 is 1.32 bits per heavy atom. The van der Waals surface area contributed by atoms with Crippen LogP contribution >= 0.6 is 0 Å². The number of carbonyl (C=O) groups is 1. The van der Waals surface area contributed by atoms with Gasteiger partial charge >= 0.3 is 0 Å². The maximum atomic E-state index is 10.6. The SMILES string of the molecule is COc1ccc(C/C=C(\C(C)=C/NC=O)c2cc(C)cnc2N)cc1. The molecule has 1 amide bonds. The number of rotatable bonds is 7. The van der Waals surface area contributed by atoms with Crippen LogP contribution in [0.15, 0.2) is 54.4 Å². The predicted molar refractivity (Wildman–Crippen MR) is 101 cm³/mol. The molecule has 0 fully saturated rings. The number of pyridine rings is 1. The molecule has 0 aliphatic heterocycles. The third-order valence-corrected chi connectivity index (χ3v) is 3.84. The first-order chi connectivity index (χ1) is 12.0. The molecule has 1 aromatic carbocycles. The van der Waals surface area contributed by atoms with Crippen molar-refractivity contribution < 1.29 is 9.53 Å². The zero-order valence-corrected chi connectivity index (χ0v) is 14.7. The Balaban J connectivity index is 2.39. The summed E-state index contributed by atoms with van der Waals surface area (Å²) in [4.78, 5) is 14.8. The van der Waals surface area contributed by atoms with Gasteiger partial charge in [-0.15, -0.1) is 0 Å². The van der Waals surface area contributed by atoms with E-state index in [1.54, 1.807) is 19.5 Å². The molecule has 0 aliphatic carbocycles. The molecule has 0 spiro atoms. The number of nitrogens with two attached hydrogens (primary N) is 1. The van der Waals surface area contributed by atoms with E-state index in [4.69, 9.17) is 10.5 Å². The number of aromatic nitrogens is 1. The molecule has 2 rings (SSSR count). The van der Waals surface area contributed by atoms with Crippen molar-refractivity contribution in [2.24, 2.45) is 0 Å². The number of nitrogens with one attached hydrogen (secondary N) is 1. The fourth-order valence-corrected chi connectivity index (χ4v) is 2.50. The lowest BCUT2D eigenvalue weighted by Gasteiger charge is -2.12. The lowest BCUT2D eigenvalue weighted by molar-refractivity contribution is -0.108. The van der Waals surface area contributed by atoms with E-state index in [0.29, 0.717) is 12.2 Å². The van der Waals surface area contributed by atoms with Gasteiger partial charge in [0.2, 0.25) is 6.41 Å². The summed E-state index contributed by atoms with van der Waals surface area (Å²) >= 11 is 0. The minimum atomic E-state index is 0.463. The quantitative estimate of drug-likeness (QED) is 0.600. The van der Waals surface area contributed by atoms with Crippen LogP contribution in [0, 0.1) is 6.92 Å². The summed E-state index contributed by atoms with van der Waals surface area (Å²) in [6.07, 6.45) is 6.85. The Labute approximate surface area is 148 Å². The van der Waals surface area contributed by atoms with Crippen LogP contribution in [0.5, 0.6) is 5.75 Å². The molecule has 0 saturated heterocycles. The summed E-state index contributed by atoms with van der Waals surface area (Å²) in [6, 6.07) is 9.91. The number of allylic oxidation sites excluding steroid dienone is 3. The highest BCUT2D eigenvalue weighted by molar-refractivity contribution is 5.83. The van der Waals surface area contributed by atoms with E-state index < -0.39 is 0 Å². The van der Waals surface area contributed by atoms with Crippen LogP contribution < -0.4 is 15.8 Å². The molecule has 5 heteroatoms. The number of amides is 1. The van der Waals surface area contributed by atoms with Gasteiger partial charge in [0.1, 0.15) is 11.6 Å². The molecule has 1 heterocycles. The maximum absolute atomic E-state index is 10.6. The first kappa shape index (κ1) is 18.3. The number of anilines is 1. The van der Waals surface area contributed by atoms with Crippen LogP contribution in [0.2, 0.25) is 0 Å². The molecule has 0 atom stereocenters. The van der Waals surface area contributed by atoms with Crippen LogP contribution in [0.25, 0.3) is 5.57 Å². The number of hydrogen-bond acceptors (Lipinski definition) is 4. The Morgan fingerprint density at radius 3 is 2.68 bits per heavy atom. The zero-order valence-electron chi connectivity index (χ0n) is 14.7. The van der Waals surface area contributed by atoms with Crippen molar-refractivity contribution in [1.29, 1.82) is 0 Å². The molecule has 0 saturated carbocycles. The number of benzene rings is 1. The number of aryl methyl sites for hydroxylation is 1. The lowest BCUT2D eigenvalue weighted by Crippen LogP contribution is -2.04. The van der Waals surface area contributed by atoms with E-state index in [1.165, 1.54) is 0 Å². The summed E-state index contributed by atoms with van der Waals surface area (Å²) in [5.74, 6) is 1.29. The van der Waals surface area contributed by atoms with Crippen molar-refractivity contribution in [3.05, 3.63) is 71.1 Å². The summed E-state index contributed by atoms with van der Waals surface area (Å²) in [5, 5.41) is 2.58. The van der Waals surface area contributed by atoms with Gasteiger partial charge < -0.3 is 15.8 Å². The third kappa shape index (κ3) is 4.94. The van der Waals surface area contributed by atoms with Crippen LogP contribution in [-0.4, -0.2) is 18.5 Å². The van der Waals surface area contributed by atoms with Crippen molar-refractivity contribution in [2.75, 3.05) is 12.8 Å². The molecule has 0 radical (unpaired) electrons. The van der Waals surface area contributed by atoms with Crippen LogP contribution in [0.4, 0.5) is 5.82 Å². The Morgan fingerprint density at radius 2 is 2.04 bits per heavy atom. The second kappa shape index (κ2) is 8.68. The molecule has 0 aliphatic rings. The molecule has 0 unspecified atom stereocenters.